The lowest BCUT2D eigenvalue weighted by molar-refractivity contribution is 0.472. The van der Waals surface area contributed by atoms with Crippen molar-refractivity contribution in [1.82, 2.24) is 20.2 Å². The Kier molecular flexibility index (Phi) is 3.75. The summed E-state index contributed by atoms with van der Waals surface area (Å²) >= 11 is 11.7. The first-order valence-electron chi connectivity index (χ1n) is 5.46. The lowest BCUT2D eigenvalue weighted by atomic mass is 9.89. The molecule has 0 aliphatic carbocycles. The highest BCUT2D eigenvalue weighted by Crippen LogP contribution is 2.32. The summed E-state index contributed by atoms with van der Waals surface area (Å²) < 4.78 is 13.5. The molecule has 2 N–H and O–H groups in total. The molecule has 102 valence electrons. The predicted octanol–water partition coefficient (Wildman–Crippen LogP) is 2.07. The molecule has 0 saturated carbocycles. The molecule has 0 radical (unpaired) electrons. The fourth-order valence-corrected chi connectivity index (χ4v) is 2.38. The van der Waals surface area contributed by atoms with Gasteiger partial charge in [0.2, 0.25) is 0 Å². The minimum Gasteiger partial charge on any atom is -0.321 e. The fourth-order valence-electron chi connectivity index (χ4n) is 1.78. The summed E-state index contributed by atoms with van der Waals surface area (Å²) in [7, 11) is 1.65. The summed E-state index contributed by atoms with van der Waals surface area (Å²) in [5.41, 5.74) is 5.71. The second-order valence-corrected chi connectivity index (χ2v) is 5.35. The van der Waals surface area contributed by atoms with E-state index >= 15 is 0 Å². The van der Waals surface area contributed by atoms with Crippen LogP contribution in [0.1, 0.15) is 18.3 Å². The van der Waals surface area contributed by atoms with Crippen molar-refractivity contribution in [3.63, 3.8) is 0 Å². The van der Waals surface area contributed by atoms with Gasteiger partial charge < -0.3 is 5.73 Å². The average molecular weight is 304 g/mol. The molecule has 1 atom stereocenters. The highest BCUT2D eigenvalue weighted by atomic mass is 35.5. The largest absolute Gasteiger partial charge is 0.321 e. The number of hydrogen-bond donors (Lipinski definition) is 1. The van der Waals surface area contributed by atoms with Crippen LogP contribution in [0.15, 0.2) is 12.1 Å². The van der Waals surface area contributed by atoms with Crippen molar-refractivity contribution < 1.29 is 4.39 Å². The Morgan fingerprint density at radius 3 is 2.63 bits per heavy atom. The van der Waals surface area contributed by atoms with Gasteiger partial charge in [0.25, 0.3) is 0 Å². The number of nitrogens with zero attached hydrogens (tertiary/aromatic N) is 4. The maximum absolute atomic E-state index is 13.5. The number of benzene rings is 1. The minimum absolute atomic E-state index is 0.0397. The Balaban J connectivity index is 2.36. The van der Waals surface area contributed by atoms with Crippen molar-refractivity contribution in [3.05, 3.63) is 39.4 Å². The molecular weight excluding hydrogens is 292 g/mol. The van der Waals surface area contributed by atoms with Crippen LogP contribution in [0.5, 0.6) is 0 Å². The van der Waals surface area contributed by atoms with Gasteiger partial charge in [0.15, 0.2) is 5.82 Å². The first-order chi connectivity index (χ1) is 8.79. The molecule has 1 heterocycles. The van der Waals surface area contributed by atoms with Crippen LogP contribution in [-0.4, -0.2) is 20.2 Å². The quantitative estimate of drug-likeness (QED) is 0.881. The number of hydrogen-bond acceptors (Lipinski definition) is 4. The smallest absolute Gasteiger partial charge is 0.176 e. The van der Waals surface area contributed by atoms with E-state index in [0.29, 0.717) is 16.4 Å². The van der Waals surface area contributed by atoms with E-state index in [0.717, 1.165) is 0 Å². The van der Waals surface area contributed by atoms with Crippen molar-refractivity contribution in [2.24, 2.45) is 12.8 Å². The highest BCUT2D eigenvalue weighted by Gasteiger charge is 2.27. The van der Waals surface area contributed by atoms with Crippen molar-refractivity contribution in [1.29, 1.82) is 0 Å². The molecule has 0 fully saturated rings. The van der Waals surface area contributed by atoms with Crippen LogP contribution in [0, 0.1) is 5.82 Å². The van der Waals surface area contributed by atoms with Gasteiger partial charge in [-0.15, -0.1) is 10.2 Å². The third-order valence-corrected chi connectivity index (χ3v) is 3.30. The van der Waals surface area contributed by atoms with Crippen LogP contribution in [0.2, 0.25) is 10.0 Å². The second-order valence-electron chi connectivity index (χ2n) is 4.54. The molecular formula is C11H12Cl2FN5. The van der Waals surface area contributed by atoms with Gasteiger partial charge in [-0.05, 0) is 29.8 Å². The highest BCUT2D eigenvalue weighted by molar-refractivity contribution is 6.35. The van der Waals surface area contributed by atoms with Gasteiger partial charge >= 0.3 is 0 Å². The van der Waals surface area contributed by atoms with Gasteiger partial charge in [0.05, 0.1) is 12.1 Å². The monoisotopic (exact) mass is 303 g/mol. The number of nitrogens with two attached hydrogens (primary N) is 1. The van der Waals surface area contributed by atoms with Gasteiger partial charge in [0, 0.05) is 17.0 Å². The molecule has 2 rings (SSSR count). The molecule has 1 unspecified atom stereocenters. The van der Waals surface area contributed by atoms with Crippen LogP contribution in [0.3, 0.4) is 0 Å². The SMILES string of the molecule is Cn1nnc(CC(C)(N)c2cc(F)c(Cl)cc2Cl)n1. The maximum atomic E-state index is 13.5. The Morgan fingerprint density at radius 2 is 2.05 bits per heavy atom. The van der Waals surface area contributed by atoms with Crippen LogP contribution in [-0.2, 0) is 19.0 Å². The molecule has 0 aliphatic rings. The molecule has 0 saturated heterocycles. The van der Waals surface area contributed by atoms with E-state index in [1.54, 1.807) is 14.0 Å². The van der Waals surface area contributed by atoms with Crippen molar-refractivity contribution in [3.8, 4) is 0 Å². The van der Waals surface area contributed by atoms with Crippen molar-refractivity contribution in [2.45, 2.75) is 18.9 Å². The summed E-state index contributed by atoms with van der Waals surface area (Å²) in [5.74, 6) is -0.108. The zero-order valence-corrected chi connectivity index (χ0v) is 11.9. The molecule has 0 bridgehead atoms. The predicted molar refractivity (Wildman–Crippen MR) is 70.5 cm³/mol. The Hall–Kier alpha value is -1.24. The molecule has 1 aromatic heterocycles. The van der Waals surface area contributed by atoms with Gasteiger partial charge in [0.1, 0.15) is 5.82 Å². The van der Waals surface area contributed by atoms with Crippen molar-refractivity contribution in [2.75, 3.05) is 0 Å². The standard InChI is InChI=1S/C11H12Cl2FN5/c1-11(15,5-10-16-18-19(2)17-10)6-3-9(14)8(13)4-7(6)12/h3-4H,5,15H2,1-2H3. The molecule has 0 amide bonds. The lowest BCUT2D eigenvalue weighted by Crippen LogP contribution is -2.36. The summed E-state index contributed by atoms with van der Waals surface area (Å²) in [4.78, 5) is 1.33. The van der Waals surface area contributed by atoms with E-state index in [2.05, 4.69) is 15.4 Å². The summed E-state index contributed by atoms with van der Waals surface area (Å²) in [6, 6.07) is 2.57. The number of rotatable bonds is 3. The third-order valence-electron chi connectivity index (χ3n) is 2.70. The zero-order valence-electron chi connectivity index (χ0n) is 10.4. The summed E-state index contributed by atoms with van der Waals surface area (Å²) in [6.45, 7) is 1.72. The van der Waals surface area contributed by atoms with Gasteiger partial charge in [-0.2, -0.15) is 4.80 Å². The van der Waals surface area contributed by atoms with Gasteiger partial charge in [-0.25, -0.2) is 4.39 Å². The fraction of sp³-hybridized carbons (Fsp3) is 0.364. The van der Waals surface area contributed by atoms with Gasteiger partial charge in [-0.3, -0.25) is 0 Å². The first-order valence-corrected chi connectivity index (χ1v) is 6.22. The van der Waals surface area contributed by atoms with E-state index < -0.39 is 11.4 Å². The van der Waals surface area contributed by atoms with Crippen LogP contribution < -0.4 is 5.73 Å². The number of aryl methyl sites for hydroxylation is 1. The molecule has 0 aliphatic heterocycles. The molecule has 5 nitrogen and oxygen atoms in total. The number of tetrazole rings is 1. The number of halogens is 3. The second kappa shape index (κ2) is 5.03. The van der Waals surface area contributed by atoms with Gasteiger partial charge in [-0.1, -0.05) is 23.2 Å². The summed E-state index contributed by atoms with van der Waals surface area (Å²) in [5, 5.41) is 11.9. The Morgan fingerprint density at radius 1 is 1.37 bits per heavy atom. The average Bonchev–Trinajstić information content (AvgIpc) is 2.68. The minimum atomic E-state index is -0.925. The topological polar surface area (TPSA) is 69.6 Å². The van der Waals surface area contributed by atoms with Crippen LogP contribution in [0.4, 0.5) is 4.39 Å². The van der Waals surface area contributed by atoms with E-state index in [-0.39, 0.29) is 11.4 Å². The van der Waals surface area contributed by atoms with E-state index in [1.807, 2.05) is 0 Å². The molecule has 8 heteroatoms. The zero-order chi connectivity index (χ0) is 14.2. The van der Waals surface area contributed by atoms with Crippen molar-refractivity contribution >= 4 is 23.2 Å². The van der Waals surface area contributed by atoms with E-state index in [9.17, 15) is 4.39 Å². The molecule has 1 aromatic carbocycles. The Labute approximate surface area is 119 Å². The number of aromatic nitrogens is 4. The van der Waals surface area contributed by atoms with E-state index in [1.165, 1.54) is 16.9 Å². The normalized spacial score (nSPS) is 14.4. The molecule has 0 spiro atoms. The molecule has 2 aromatic rings. The molecule has 19 heavy (non-hydrogen) atoms. The lowest BCUT2D eigenvalue weighted by Gasteiger charge is -2.25. The van der Waals surface area contributed by atoms with Crippen LogP contribution in [0.25, 0.3) is 0 Å². The van der Waals surface area contributed by atoms with E-state index in [4.69, 9.17) is 28.9 Å². The first kappa shape index (κ1) is 14.2. The Bertz CT molecular complexity index is 611. The summed E-state index contributed by atoms with van der Waals surface area (Å²) in [6.07, 6.45) is 0.279. The van der Waals surface area contributed by atoms with Crippen LogP contribution >= 0.6 is 23.2 Å². The third kappa shape index (κ3) is 3.02. The maximum Gasteiger partial charge on any atom is 0.176 e.